The minimum atomic E-state index is -0.847. The van der Waals surface area contributed by atoms with Crippen LogP contribution in [0.5, 0.6) is 5.75 Å². The Balaban J connectivity index is 1.91. The van der Waals surface area contributed by atoms with E-state index in [1.165, 1.54) is 0 Å². The van der Waals surface area contributed by atoms with Gasteiger partial charge in [0.05, 0.1) is 6.54 Å². The van der Waals surface area contributed by atoms with Gasteiger partial charge in [-0.3, -0.25) is 9.59 Å². The van der Waals surface area contributed by atoms with E-state index in [1.807, 2.05) is 30.3 Å². The van der Waals surface area contributed by atoms with Gasteiger partial charge in [0.1, 0.15) is 17.9 Å². The SMILES string of the molecule is CC1(C)NC(=O)CCN(CCOc2ccccc2)C1=O. The lowest BCUT2D eigenvalue weighted by molar-refractivity contribution is -0.137. The third-order valence-corrected chi connectivity index (χ3v) is 3.26. The predicted molar refractivity (Wildman–Crippen MR) is 75.4 cm³/mol. The molecule has 0 aliphatic carbocycles. The lowest BCUT2D eigenvalue weighted by Gasteiger charge is -2.28. The maximum atomic E-state index is 12.3. The summed E-state index contributed by atoms with van der Waals surface area (Å²) in [6, 6.07) is 9.47. The summed E-state index contributed by atoms with van der Waals surface area (Å²) in [7, 11) is 0. The Morgan fingerprint density at radius 3 is 2.65 bits per heavy atom. The Bertz CT molecular complexity index is 485. The first kappa shape index (κ1) is 14.4. The Morgan fingerprint density at radius 1 is 1.25 bits per heavy atom. The number of carbonyl (C=O) groups is 2. The number of carbonyl (C=O) groups excluding carboxylic acids is 2. The lowest BCUT2D eigenvalue weighted by atomic mass is 10.0. The van der Waals surface area contributed by atoms with E-state index in [-0.39, 0.29) is 11.8 Å². The van der Waals surface area contributed by atoms with Crippen molar-refractivity contribution in [3.8, 4) is 5.75 Å². The van der Waals surface area contributed by atoms with Gasteiger partial charge in [0.2, 0.25) is 11.8 Å². The van der Waals surface area contributed by atoms with Crippen molar-refractivity contribution < 1.29 is 14.3 Å². The zero-order valence-corrected chi connectivity index (χ0v) is 11.9. The summed E-state index contributed by atoms with van der Waals surface area (Å²) in [6.45, 7) is 4.78. The van der Waals surface area contributed by atoms with Crippen LogP contribution in [0.2, 0.25) is 0 Å². The molecule has 0 unspecified atom stereocenters. The normalized spacial score (nSPS) is 18.4. The van der Waals surface area contributed by atoms with Crippen molar-refractivity contribution in [1.29, 1.82) is 0 Å². The average molecular weight is 276 g/mol. The molecule has 1 fully saturated rings. The van der Waals surface area contributed by atoms with Crippen molar-refractivity contribution in [2.75, 3.05) is 19.7 Å². The molecule has 1 aromatic rings. The van der Waals surface area contributed by atoms with E-state index in [9.17, 15) is 9.59 Å². The van der Waals surface area contributed by atoms with Gasteiger partial charge in [-0.25, -0.2) is 0 Å². The maximum absolute atomic E-state index is 12.3. The molecule has 5 nitrogen and oxygen atoms in total. The highest BCUT2D eigenvalue weighted by Gasteiger charge is 2.36. The van der Waals surface area contributed by atoms with Crippen molar-refractivity contribution in [1.82, 2.24) is 10.2 Å². The van der Waals surface area contributed by atoms with Crippen LogP contribution in [0.15, 0.2) is 30.3 Å². The summed E-state index contributed by atoms with van der Waals surface area (Å²) in [4.78, 5) is 25.6. The molecule has 0 saturated carbocycles. The smallest absolute Gasteiger partial charge is 0.247 e. The number of nitrogens with zero attached hydrogens (tertiary/aromatic N) is 1. The van der Waals surface area contributed by atoms with Crippen LogP contribution in [0.1, 0.15) is 20.3 Å². The van der Waals surface area contributed by atoms with Crippen molar-refractivity contribution in [3.63, 3.8) is 0 Å². The first-order chi connectivity index (χ1) is 9.49. The van der Waals surface area contributed by atoms with Gasteiger partial charge < -0.3 is 15.0 Å². The Kier molecular flexibility index (Phi) is 4.27. The van der Waals surface area contributed by atoms with Gasteiger partial charge >= 0.3 is 0 Å². The minimum Gasteiger partial charge on any atom is -0.492 e. The highest BCUT2D eigenvalue weighted by molar-refractivity contribution is 5.92. The molecule has 1 aliphatic rings. The molecule has 2 amide bonds. The molecule has 1 aromatic carbocycles. The van der Waals surface area contributed by atoms with Crippen LogP contribution in [-0.4, -0.2) is 41.9 Å². The predicted octanol–water partition coefficient (Wildman–Crippen LogP) is 1.19. The Hall–Kier alpha value is -2.04. The quantitative estimate of drug-likeness (QED) is 0.898. The van der Waals surface area contributed by atoms with E-state index in [4.69, 9.17) is 4.74 Å². The zero-order valence-electron chi connectivity index (χ0n) is 11.9. The molecule has 0 spiro atoms. The highest BCUT2D eigenvalue weighted by atomic mass is 16.5. The van der Waals surface area contributed by atoms with Gasteiger partial charge in [0, 0.05) is 13.0 Å². The molecule has 0 atom stereocenters. The molecule has 0 radical (unpaired) electrons. The molecule has 2 rings (SSSR count). The van der Waals surface area contributed by atoms with Crippen LogP contribution in [0.4, 0.5) is 0 Å². The van der Waals surface area contributed by atoms with Crippen LogP contribution >= 0.6 is 0 Å². The van der Waals surface area contributed by atoms with Gasteiger partial charge in [-0.15, -0.1) is 0 Å². The lowest BCUT2D eigenvalue weighted by Crippen LogP contribution is -2.53. The summed E-state index contributed by atoms with van der Waals surface area (Å²) in [6.07, 6.45) is 0.334. The summed E-state index contributed by atoms with van der Waals surface area (Å²) in [5, 5.41) is 2.74. The largest absolute Gasteiger partial charge is 0.492 e. The van der Waals surface area contributed by atoms with Gasteiger partial charge in [-0.05, 0) is 26.0 Å². The molecular weight excluding hydrogens is 256 g/mol. The van der Waals surface area contributed by atoms with Gasteiger partial charge in [0.25, 0.3) is 0 Å². The average Bonchev–Trinajstić information content (AvgIpc) is 2.50. The van der Waals surface area contributed by atoms with Crippen molar-refractivity contribution in [2.24, 2.45) is 0 Å². The minimum absolute atomic E-state index is 0.0694. The van der Waals surface area contributed by atoms with Crippen LogP contribution in [0, 0.1) is 0 Å². The van der Waals surface area contributed by atoms with E-state index in [0.717, 1.165) is 5.75 Å². The van der Waals surface area contributed by atoms with Crippen LogP contribution in [0.3, 0.4) is 0 Å². The second kappa shape index (κ2) is 5.94. The van der Waals surface area contributed by atoms with Crippen molar-refractivity contribution >= 4 is 11.8 Å². The van der Waals surface area contributed by atoms with Crippen molar-refractivity contribution in [3.05, 3.63) is 30.3 Å². The van der Waals surface area contributed by atoms with Gasteiger partial charge in [0.15, 0.2) is 0 Å². The number of nitrogens with one attached hydrogen (secondary N) is 1. The van der Waals surface area contributed by atoms with E-state index in [0.29, 0.717) is 26.1 Å². The fourth-order valence-corrected chi connectivity index (χ4v) is 2.20. The fraction of sp³-hybridized carbons (Fsp3) is 0.467. The summed E-state index contributed by atoms with van der Waals surface area (Å²) in [5.41, 5.74) is -0.847. The Morgan fingerprint density at radius 2 is 1.95 bits per heavy atom. The highest BCUT2D eigenvalue weighted by Crippen LogP contribution is 2.14. The first-order valence-electron chi connectivity index (χ1n) is 6.77. The second-order valence-corrected chi connectivity index (χ2v) is 5.38. The van der Waals surface area contributed by atoms with Gasteiger partial charge in [-0.1, -0.05) is 18.2 Å². The summed E-state index contributed by atoms with van der Waals surface area (Å²) >= 11 is 0. The fourth-order valence-electron chi connectivity index (χ4n) is 2.20. The Labute approximate surface area is 118 Å². The number of rotatable bonds is 4. The first-order valence-corrected chi connectivity index (χ1v) is 6.77. The third kappa shape index (κ3) is 3.50. The molecular formula is C15H20N2O3. The summed E-state index contributed by atoms with van der Waals surface area (Å²) < 4.78 is 5.59. The molecule has 1 aliphatic heterocycles. The number of benzene rings is 1. The van der Waals surface area contributed by atoms with Crippen LogP contribution < -0.4 is 10.1 Å². The molecule has 0 aromatic heterocycles. The standard InChI is InChI=1S/C15H20N2O3/c1-15(2)14(19)17(9-8-13(18)16-15)10-11-20-12-6-4-3-5-7-12/h3-7H,8-11H2,1-2H3,(H,16,18). The van der Waals surface area contributed by atoms with E-state index in [2.05, 4.69) is 5.32 Å². The van der Waals surface area contributed by atoms with Crippen LogP contribution in [-0.2, 0) is 9.59 Å². The molecule has 5 heteroatoms. The van der Waals surface area contributed by atoms with Crippen LogP contribution in [0.25, 0.3) is 0 Å². The van der Waals surface area contributed by atoms with Gasteiger partial charge in [-0.2, -0.15) is 0 Å². The molecule has 108 valence electrons. The zero-order chi connectivity index (χ0) is 14.6. The molecule has 1 saturated heterocycles. The van der Waals surface area contributed by atoms with E-state index >= 15 is 0 Å². The monoisotopic (exact) mass is 276 g/mol. The number of hydrogen-bond acceptors (Lipinski definition) is 3. The molecule has 20 heavy (non-hydrogen) atoms. The topological polar surface area (TPSA) is 58.6 Å². The molecule has 1 N–H and O–H groups in total. The number of hydrogen-bond donors (Lipinski definition) is 1. The maximum Gasteiger partial charge on any atom is 0.247 e. The molecule has 1 heterocycles. The third-order valence-electron chi connectivity index (χ3n) is 3.26. The number of para-hydroxylation sites is 1. The van der Waals surface area contributed by atoms with E-state index in [1.54, 1.807) is 18.7 Å². The second-order valence-electron chi connectivity index (χ2n) is 5.38. The number of amides is 2. The van der Waals surface area contributed by atoms with Crippen molar-refractivity contribution in [2.45, 2.75) is 25.8 Å². The number of ether oxygens (including phenoxy) is 1. The molecule has 0 bridgehead atoms. The van der Waals surface area contributed by atoms with E-state index < -0.39 is 5.54 Å². The summed E-state index contributed by atoms with van der Waals surface area (Å²) in [5.74, 6) is 0.623.